The molecule has 0 aromatic heterocycles. The molecule has 2 N–H and O–H groups in total. The Morgan fingerprint density at radius 1 is 1.00 bits per heavy atom. The van der Waals surface area contributed by atoms with E-state index in [2.05, 4.69) is 23.5 Å². The van der Waals surface area contributed by atoms with E-state index in [9.17, 15) is 5.11 Å². The summed E-state index contributed by atoms with van der Waals surface area (Å²) in [4.78, 5) is 0. The first-order valence-corrected chi connectivity index (χ1v) is 10.8. The lowest BCUT2D eigenvalue weighted by atomic mass is 9.76. The van der Waals surface area contributed by atoms with Crippen molar-refractivity contribution in [2.75, 3.05) is 5.32 Å². The maximum atomic E-state index is 10.7. The molecule has 2 aliphatic rings. The monoisotopic (exact) mass is 437 g/mol. The summed E-state index contributed by atoms with van der Waals surface area (Å²) in [6.45, 7) is 0.488. The summed E-state index contributed by atoms with van der Waals surface area (Å²) in [5, 5.41) is 15.1. The SMILES string of the molecule is Oc1c(Cl)cc(Cl)cc1C1Nc2c(OCc3ccccc3)cccc2C2C=CCC21. The highest BCUT2D eigenvalue weighted by molar-refractivity contribution is 6.35. The lowest BCUT2D eigenvalue weighted by molar-refractivity contribution is 0.304. The second kappa shape index (κ2) is 7.90. The third kappa shape index (κ3) is 3.42. The second-order valence-corrected chi connectivity index (χ2v) is 8.64. The van der Waals surface area contributed by atoms with Crippen molar-refractivity contribution in [2.45, 2.75) is 25.0 Å². The van der Waals surface area contributed by atoms with E-state index in [-0.39, 0.29) is 28.6 Å². The van der Waals surface area contributed by atoms with Gasteiger partial charge in [-0.1, -0.05) is 77.8 Å². The molecule has 3 aromatic carbocycles. The van der Waals surface area contributed by atoms with E-state index in [0.29, 0.717) is 11.6 Å². The number of fused-ring (bicyclic) bond motifs is 3. The summed E-state index contributed by atoms with van der Waals surface area (Å²) >= 11 is 12.5. The fourth-order valence-electron chi connectivity index (χ4n) is 4.58. The largest absolute Gasteiger partial charge is 0.506 e. The maximum absolute atomic E-state index is 10.7. The van der Waals surface area contributed by atoms with Gasteiger partial charge in [0.25, 0.3) is 0 Å². The van der Waals surface area contributed by atoms with Crippen LogP contribution in [-0.4, -0.2) is 5.11 Å². The van der Waals surface area contributed by atoms with E-state index in [1.807, 2.05) is 42.5 Å². The second-order valence-electron chi connectivity index (χ2n) is 7.80. The molecule has 1 aliphatic carbocycles. The molecule has 0 bridgehead atoms. The van der Waals surface area contributed by atoms with Gasteiger partial charge < -0.3 is 15.2 Å². The topological polar surface area (TPSA) is 41.5 Å². The van der Waals surface area contributed by atoms with Crippen LogP contribution in [-0.2, 0) is 6.61 Å². The van der Waals surface area contributed by atoms with Crippen molar-refractivity contribution in [3.05, 3.63) is 99.6 Å². The smallest absolute Gasteiger partial charge is 0.143 e. The first-order valence-electron chi connectivity index (χ1n) is 10.0. The minimum atomic E-state index is -0.129. The molecular formula is C25H21Cl2NO2. The van der Waals surface area contributed by atoms with E-state index >= 15 is 0 Å². The van der Waals surface area contributed by atoms with Crippen LogP contribution < -0.4 is 10.1 Å². The number of phenols is 1. The first-order chi connectivity index (χ1) is 14.6. The Kier molecular flexibility index (Phi) is 5.10. The highest BCUT2D eigenvalue weighted by atomic mass is 35.5. The van der Waals surface area contributed by atoms with Gasteiger partial charge >= 0.3 is 0 Å². The number of ether oxygens (including phenoxy) is 1. The molecule has 0 saturated heterocycles. The van der Waals surface area contributed by atoms with Gasteiger partial charge in [0.15, 0.2) is 0 Å². The Morgan fingerprint density at radius 3 is 2.67 bits per heavy atom. The first kappa shape index (κ1) is 19.3. The summed E-state index contributed by atoms with van der Waals surface area (Å²) in [6, 6.07) is 19.5. The number of aromatic hydroxyl groups is 1. The molecule has 3 atom stereocenters. The van der Waals surface area contributed by atoms with Crippen LogP contribution in [0, 0.1) is 5.92 Å². The van der Waals surface area contributed by atoms with Crippen molar-refractivity contribution >= 4 is 28.9 Å². The van der Waals surface area contributed by atoms with Gasteiger partial charge in [-0.15, -0.1) is 0 Å². The summed E-state index contributed by atoms with van der Waals surface area (Å²) < 4.78 is 6.20. The van der Waals surface area contributed by atoms with Crippen LogP contribution in [0.1, 0.15) is 35.1 Å². The van der Waals surface area contributed by atoms with Gasteiger partial charge in [-0.05, 0) is 41.7 Å². The molecular weight excluding hydrogens is 417 g/mol. The fraction of sp³-hybridized carbons (Fsp3) is 0.200. The van der Waals surface area contributed by atoms with Crippen LogP contribution in [0.15, 0.2) is 72.8 Å². The van der Waals surface area contributed by atoms with Crippen molar-refractivity contribution in [2.24, 2.45) is 5.92 Å². The lowest BCUT2D eigenvalue weighted by Crippen LogP contribution is -2.29. The summed E-state index contributed by atoms with van der Waals surface area (Å²) in [7, 11) is 0. The van der Waals surface area contributed by atoms with Crippen LogP contribution in [0.3, 0.4) is 0 Å². The van der Waals surface area contributed by atoms with Gasteiger partial charge in [0.2, 0.25) is 0 Å². The molecule has 3 aromatic rings. The van der Waals surface area contributed by atoms with E-state index in [1.54, 1.807) is 12.1 Å². The Morgan fingerprint density at radius 2 is 1.83 bits per heavy atom. The number of allylic oxidation sites excluding steroid dienone is 2. The van der Waals surface area contributed by atoms with Crippen LogP contribution in [0.25, 0.3) is 0 Å². The minimum Gasteiger partial charge on any atom is -0.506 e. The van der Waals surface area contributed by atoms with Crippen molar-refractivity contribution in [1.82, 2.24) is 0 Å². The molecule has 1 heterocycles. The number of hydrogen-bond acceptors (Lipinski definition) is 3. The predicted octanol–water partition coefficient (Wildman–Crippen LogP) is 7.10. The van der Waals surface area contributed by atoms with Crippen molar-refractivity contribution in [1.29, 1.82) is 0 Å². The van der Waals surface area contributed by atoms with Gasteiger partial charge in [-0.25, -0.2) is 0 Å². The van der Waals surface area contributed by atoms with Gasteiger partial charge in [-0.3, -0.25) is 0 Å². The van der Waals surface area contributed by atoms with Crippen molar-refractivity contribution in [3.63, 3.8) is 0 Å². The Hall–Kier alpha value is -2.62. The molecule has 1 aliphatic heterocycles. The predicted molar refractivity (Wildman–Crippen MR) is 122 cm³/mol. The zero-order valence-electron chi connectivity index (χ0n) is 16.2. The summed E-state index contributed by atoms with van der Waals surface area (Å²) in [5.74, 6) is 1.38. The zero-order chi connectivity index (χ0) is 20.7. The van der Waals surface area contributed by atoms with Crippen molar-refractivity contribution < 1.29 is 9.84 Å². The van der Waals surface area contributed by atoms with E-state index in [1.165, 1.54) is 5.56 Å². The van der Waals surface area contributed by atoms with Gasteiger partial charge in [-0.2, -0.15) is 0 Å². The summed E-state index contributed by atoms with van der Waals surface area (Å²) in [6.07, 6.45) is 5.38. The minimum absolute atomic E-state index is 0.0790. The Balaban J connectivity index is 1.53. The van der Waals surface area contributed by atoms with Crippen LogP contribution in [0.4, 0.5) is 5.69 Å². The van der Waals surface area contributed by atoms with Gasteiger partial charge in [0.1, 0.15) is 18.1 Å². The Labute approximate surface area is 185 Å². The fourth-order valence-corrected chi connectivity index (χ4v) is 5.09. The quantitative estimate of drug-likeness (QED) is 0.427. The Bertz CT molecular complexity index is 1110. The van der Waals surface area contributed by atoms with Gasteiger partial charge in [0.05, 0.1) is 16.8 Å². The maximum Gasteiger partial charge on any atom is 0.143 e. The van der Waals surface area contributed by atoms with Crippen LogP contribution in [0.5, 0.6) is 11.5 Å². The standard InChI is InChI=1S/C25H21Cl2NO2/c26-16-12-20(25(29)21(27)13-16)23-18-9-4-8-17(18)19-10-5-11-22(24(19)28-23)30-14-15-6-2-1-3-7-15/h1-8,10-13,17-18,23,28-29H,9,14H2. The lowest BCUT2D eigenvalue weighted by Gasteiger charge is -2.38. The number of benzene rings is 3. The highest BCUT2D eigenvalue weighted by Crippen LogP contribution is 2.54. The average molecular weight is 438 g/mol. The third-order valence-corrected chi connectivity index (χ3v) is 6.49. The molecule has 0 saturated carbocycles. The number of halogens is 2. The average Bonchev–Trinajstić information content (AvgIpc) is 3.25. The number of anilines is 1. The normalized spacial score (nSPS) is 21.6. The van der Waals surface area contributed by atoms with Crippen LogP contribution in [0.2, 0.25) is 10.0 Å². The number of phenolic OH excluding ortho intramolecular Hbond substituents is 1. The highest BCUT2D eigenvalue weighted by Gasteiger charge is 2.40. The molecule has 0 radical (unpaired) electrons. The molecule has 5 heteroatoms. The molecule has 5 rings (SSSR count). The number of rotatable bonds is 4. The van der Waals surface area contributed by atoms with Crippen LogP contribution >= 0.6 is 23.2 Å². The number of hydrogen-bond donors (Lipinski definition) is 2. The number of nitrogens with one attached hydrogen (secondary N) is 1. The number of para-hydroxylation sites is 1. The van der Waals surface area contributed by atoms with E-state index in [4.69, 9.17) is 27.9 Å². The van der Waals surface area contributed by atoms with E-state index < -0.39 is 0 Å². The summed E-state index contributed by atoms with van der Waals surface area (Å²) in [5.41, 5.74) is 4.00. The molecule has 3 nitrogen and oxygen atoms in total. The molecule has 0 amide bonds. The molecule has 152 valence electrons. The van der Waals surface area contributed by atoms with Gasteiger partial charge in [0, 0.05) is 16.5 Å². The van der Waals surface area contributed by atoms with E-state index in [0.717, 1.165) is 29.0 Å². The zero-order valence-corrected chi connectivity index (χ0v) is 17.7. The third-order valence-electron chi connectivity index (χ3n) is 5.99. The molecule has 3 unspecified atom stereocenters. The molecule has 30 heavy (non-hydrogen) atoms. The molecule has 0 fully saturated rings. The van der Waals surface area contributed by atoms with Crippen molar-refractivity contribution in [3.8, 4) is 11.5 Å². The molecule has 0 spiro atoms.